The molecule has 1 heterocycles. The van der Waals surface area contributed by atoms with Crippen LogP contribution in [0.2, 0.25) is 0 Å². The molecule has 1 aliphatic heterocycles. The van der Waals surface area contributed by atoms with E-state index in [0.717, 1.165) is 11.3 Å². The summed E-state index contributed by atoms with van der Waals surface area (Å²) in [6.45, 7) is 4.57. The van der Waals surface area contributed by atoms with Crippen molar-refractivity contribution >= 4 is 40.2 Å². The molecular formula is C18H19IN2. The van der Waals surface area contributed by atoms with E-state index in [1.54, 1.807) is 0 Å². The highest BCUT2D eigenvalue weighted by Gasteiger charge is 2.13. The number of aryl methyl sites for hydroxylation is 1. The Balaban J connectivity index is 1.77. The van der Waals surface area contributed by atoms with Crippen molar-refractivity contribution in [2.75, 3.05) is 18.0 Å². The van der Waals surface area contributed by atoms with Gasteiger partial charge in [-0.3, -0.25) is 4.99 Å². The first-order chi connectivity index (χ1) is 10.2. The van der Waals surface area contributed by atoms with E-state index in [9.17, 15) is 0 Å². The van der Waals surface area contributed by atoms with Crippen molar-refractivity contribution < 1.29 is 0 Å². The van der Waals surface area contributed by atoms with Crippen LogP contribution in [-0.4, -0.2) is 19.3 Å². The molecule has 2 nitrogen and oxygen atoms in total. The first kappa shape index (κ1) is 14.6. The number of hydrogen-bond acceptors (Lipinski definition) is 2. The molecule has 21 heavy (non-hydrogen) atoms. The summed E-state index contributed by atoms with van der Waals surface area (Å²) in [4.78, 5) is 7.03. The first-order valence-corrected chi connectivity index (χ1v) is 8.45. The van der Waals surface area contributed by atoms with Crippen LogP contribution in [0.5, 0.6) is 0 Å². The lowest BCUT2D eigenvalue weighted by atomic mass is 10.1. The van der Waals surface area contributed by atoms with Gasteiger partial charge in [-0.05, 0) is 89.9 Å². The molecule has 0 radical (unpaired) electrons. The van der Waals surface area contributed by atoms with E-state index >= 15 is 0 Å². The summed E-state index contributed by atoms with van der Waals surface area (Å²) in [5.74, 6) is 0. The molecule has 2 aromatic rings. The van der Waals surface area contributed by atoms with E-state index in [0.29, 0.717) is 0 Å². The number of aliphatic imine (C=N–C) groups is 1. The average molecular weight is 390 g/mol. The molecule has 0 aromatic heterocycles. The number of rotatable bonds is 3. The Labute approximate surface area is 140 Å². The molecule has 0 amide bonds. The van der Waals surface area contributed by atoms with Crippen LogP contribution >= 0.6 is 22.6 Å². The molecule has 0 atom stereocenters. The quantitative estimate of drug-likeness (QED) is 0.535. The van der Waals surface area contributed by atoms with Crippen molar-refractivity contribution in [1.29, 1.82) is 0 Å². The topological polar surface area (TPSA) is 15.6 Å². The van der Waals surface area contributed by atoms with Crippen LogP contribution in [-0.2, 0) is 0 Å². The maximum Gasteiger partial charge on any atom is 0.0630 e. The molecule has 0 spiro atoms. The third-order valence-electron chi connectivity index (χ3n) is 3.86. The normalized spacial score (nSPS) is 15.0. The summed E-state index contributed by atoms with van der Waals surface area (Å²) < 4.78 is 1.23. The number of benzene rings is 2. The first-order valence-electron chi connectivity index (χ1n) is 7.37. The van der Waals surface area contributed by atoms with E-state index in [1.807, 2.05) is 18.3 Å². The van der Waals surface area contributed by atoms with Crippen molar-refractivity contribution in [2.45, 2.75) is 19.8 Å². The third-order valence-corrected chi connectivity index (χ3v) is 4.58. The Morgan fingerprint density at radius 2 is 1.76 bits per heavy atom. The molecule has 0 aliphatic carbocycles. The van der Waals surface area contributed by atoms with Crippen LogP contribution in [0.15, 0.2) is 47.5 Å². The van der Waals surface area contributed by atoms with Gasteiger partial charge in [0.15, 0.2) is 0 Å². The molecule has 108 valence electrons. The van der Waals surface area contributed by atoms with Gasteiger partial charge in [0.1, 0.15) is 0 Å². The zero-order valence-electron chi connectivity index (χ0n) is 12.2. The molecule has 1 aliphatic rings. The Morgan fingerprint density at radius 3 is 2.43 bits per heavy atom. The van der Waals surface area contributed by atoms with Crippen LogP contribution in [0.1, 0.15) is 24.0 Å². The molecule has 3 heteroatoms. The number of nitrogens with zero attached hydrogens (tertiary/aromatic N) is 2. The molecular weight excluding hydrogens is 371 g/mol. The van der Waals surface area contributed by atoms with Gasteiger partial charge in [-0.2, -0.15) is 0 Å². The van der Waals surface area contributed by atoms with Gasteiger partial charge < -0.3 is 4.90 Å². The predicted molar refractivity (Wildman–Crippen MR) is 99.0 cm³/mol. The number of halogens is 1. The fourth-order valence-corrected chi connectivity index (χ4v) is 3.11. The predicted octanol–water partition coefficient (Wildman–Crippen LogP) is 4.95. The van der Waals surface area contributed by atoms with Gasteiger partial charge >= 0.3 is 0 Å². The molecule has 1 saturated heterocycles. The highest BCUT2D eigenvalue weighted by molar-refractivity contribution is 14.1. The summed E-state index contributed by atoms with van der Waals surface area (Å²) in [5.41, 5.74) is 4.87. The van der Waals surface area contributed by atoms with Crippen LogP contribution in [0.4, 0.5) is 11.4 Å². The Morgan fingerprint density at radius 1 is 1.05 bits per heavy atom. The third kappa shape index (κ3) is 3.64. The van der Waals surface area contributed by atoms with Gasteiger partial charge in [0.05, 0.1) is 5.69 Å². The smallest absolute Gasteiger partial charge is 0.0630 e. The lowest BCUT2D eigenvalue weighted by Crippen LogP contribution is -2.18. The summed E-state index contributed by atoms with van der Waals surface area (Å²) in [5, 5.41) is 0. The zero-order valence-corrected chi connectivity index (χ0v) is 14.4. The molecule has 0 bridgehead atoms. The molecule has 0 saturated carbocycles. The van der Waals surface area contributed by atoms with Crippen molar-refractivity contribution in [3.8, 4) is 0 Å². The summed E-state index contributed by atoms with van der Waals surface area (Å²) in [7, 11) is 0. The maximum absolute atomic E-state index is 4.54. The standard InChI is InChI=1S/C18H19IN2/c1-14-12-15(4-9-18(14)21-10-2-3-11-21)13-20-17-7-5-16(19)6-8-17/h4-9,12-13H,2-3,10-11H2,1H3. The molecule has 0 N–H and O–H groups in total. The Bertz CT molecular complexity index is 641. The van der Waals surface area contributed by atoms with Gasteiger partial charge in [-0.25, -0.2) is 0 Å². The highest BCUT2D eigenvalue weighted by Crippen LogP contribution is 2.25. The van der Waals surface area contributed by atoms with E-state index < -0.39 is 0 Å². The SMILES string of the molecule is Cc1cc(C=Nc2ccc(I)cc2)ccc1N1CCCC1. The van der Waals surface area contributed by atoms with E-state index in [-0.39, 0.29) is 0 Å². The second kappa shape index (κ2) is 6.60. The zero-order chi connectivity index (χ0) is 14.7. The summed E-state index contributed by atoms with van der Waals surface area (Å²) >= 11 is 2.31. The lowest BCUT2D eigenvalue weighted by molar-refractivity contribution is 0.949. The minimum atomic E-state index is 0.997. The fraction of sp³-hybridized carbons (Fsp3) is 0.278. The Hall–Kier alpha value is -1.36. The van der Waals surface area contributed by atoms with Crippen molar-refractivity contribution in [1.82, 2.24) is 0 Å². The van der Waals surface area contributed by atoms with Crippen molar-refractivity contribution in [3.05, 3.63) is 57.2 Å². The fourth-order valence-electron chi connectivity index (χ4n) is 2.75. The van der Waals surface area contributed by atoms with Gasteiger partial charge in [0.25, 0.3) is 0 Å². The van der Waals surface area contributed by atoms with Gasteiger partial charge in [0, 0.05) is 28.6 Å². The van der Waals surface area contributed by atoms with E-state index in [1.165, 1.54) is 40.8 Å². The van der Waals surface area contributed by atoms with Gasteiger partial charge in [-0.15, -0.1) is 0 Å². The summed E-state index contributed by atoms with van der Waals surface area (Å²) in [6.07, 6.45) is 4.58. The van der Waals surface area contributed by atoms with Crippen LogP contribution < -0.4 is 4.90 Å². The second-order valence-electron chi connectivity index (χ2n) is 5.47. The van der Waals surface area contributed by atoms with Crippen LogP contribution in [0.25, 0.3) is 0 Å². The van der Waals surface area contributed by atoms with Crippen molar-refractivity contribution in [2.24, 2.45) is 4.99 Å². The van der Waals surface area contributed by atoms with Crippen LogP contribution in [0.3, 0.4) is 0 Å². The lowest BCUT2D eigenvalue weighted by Gasteiger charge is -2.20. The van der Waals surface area contributed by atoms with E-state index in [4.69, 9.17) is 0 Å². The van der Waals surface area contributed by atoms with Gasteiger partial charge in [-0.1, -0.05) is 6.07 Å². The molecule has 2 aromatic carbocycles. The number of anilines is 1. The molecule has 1 fully saturated rings. The monoisotopic (exact) mass is 390 g/mol. The van der Waals surface area contributed by atoms with E-state index in [2.05, 4.69) is 69.7 Å². The minimum Gasteiger partial charge on any atom is -0.371 e. The van der Waals surface area contributed by atoms with Crippen molar-refractivity contribution in [3.63, 3.8) is 0 Å². The van der Waals surface area contributed by atoms with Crippen LogP contribution in [0, 0.1) is 10.5 Å². The maximum atomic E-state index is 4.54. The average Bonchev–Trinajstić information content (AvgIpc) is 3.01. The molecule has 3 rings (SSSR count). The minimum absolute atomic E-state index is 0.997. The highest BCUT2D eigenvalue weighted by atomic mass is 127. The van der Waals surface area contributed by atoms with Gasteiger partial charge in [0.2, 0.25) is 0 Å². The summed E-state index contributed by atoms with van der Waals surface area (Å²) in [6, 6.07) is 14.9. The number of hydrogen-bond donors (Lipinski definition) is 0. The molecule has 0 unspecified atom stereocenters. The second-order valence-corrected chi connectivity index (χ2v) is 6.72. The largest absolute Gasteiger partial charge is 0.371 e. The Kier molecular flexibility index (Phi) is 4.58.